The first kappa shape index (κ1) is 14.5. The van der Waals surface area contributed by atoms with Crippen LogP contribution >= 0.6 is 0 Å². The Morgan fingerprint density at radius 3 is 2.29 bits per heavy atom. The third-order valence-electron chi connectivity index (χ3n) is 3.53. The van der Waals surface area contributed by atoms with Gasteiger partial charge in [-0.1, -0.05) is 0 Å². The van der Waals surface area contributed by atoms with Crippen LogP contribution in [0.5, 0.6) is 0 Å². The van der Waals surface area contributed by atoms with Gasteiger partial charge in [0.15, 0.2) is 0 Å². The van der Waals surface area contributed by atoms with Crippen LogP contribution in [0.2, 0.25) is 0 Å². The van der Waals surface area contributed by atoms with E-state index >= 15 is 0 Å². The summed E-state index contributed by atoms with van der Waals surface area (Å²) in [5.41, 5.74) is -0.122. The minimum atomic E-state index is -0.122. The zero-order chi connectivity index (χ0) is 13.1. The molecule has 1 fully saturated rings. The minimum Gasteiger partial charge on any atom is -0.466 e. The third-order valence-corrected chi connectivity index (χ3v) is 3.53. The van der Waals surface area contributed by atoms with E-state index in [0.29, 0.717) is 13.0 Å². The smallest absolute Gasteiger partial charge is 0.307 e. The molecule has 1 rings (SSSR count). The van der Waals surface area contributed by atoms with Gasteiger partial charge in [0.25, 0.3) is 0 Å². The molecule has 0 bridgehead atoms. The van der Waals surface area contributed by atoms with Gasteiger partial charge in [-0.05, 0) is 47.7 Å². The average Bonchev–Trinajstić information content (AvgIpc) is 2.15. The highest BCUT2D eigenvalue weighted by atomic mass is 16.5. The fourth-order valence-electron chi connectivity index (χ4n) is 2.79. The Bertz CT molecular complexity index is 255. The molecule has 1 heterocycles. The molecule has 1 aliphatic heterocycles. The van der Waals surface area contributed by atoms with Crippen LogP contribution in [0, 0.1) is 0 Å². The summed E-state index contributed by atoms with van der Waals surface area (Å²) in [6, 6.07) is 0. The number of hydrogen-bond donors (Lipinski definition) is 0. The van der Waals surface area contributed by atoms with Gasteiger partial charge >= 0.3 is 5.97 Å². The lowest BCUT2D eigenvalue weighted by atomic mass is 9.80. The highest BCUT2D eigenvalue weighted by molar-refractivity contribution is 5.71. The second kappa shape index (κ2) is 5.83. The summed E-state index contributed by atoms with van der Waals surface area (Å²) in [6.45, 7) is 6.43. The zero-order valence-electron chi connectivity index (χ0n) is 11.7. The fourth-order valence-corrected chi connectivity index (χ4v) is 2.79. The Hall–Kier alpha value is -0.610. The summed E-state index contributed by atoms with van der Waals surface area (Å²) in [7, 11) is 4.06. The molecule has 2 unspecified atom stereocenters. The molecule has 2 atom stereocenters. The largest absolute Gasteiger partial charge is 0.466 e. The van der Waals surface area contributed by atoms with E-state index in [-0.39, 0.29) is 23.7 Å². The maximum atomic E-state index is 11.7. The molecule has 0 aromatic heterocycles. The van der Waals surface area contributed by atoms with Gasteiger partial charge in [0, 0.05) is 5.54 Å². The van der Waals surface area contributed by atoms with E-state index < -0.39 is 0 Å². The maximum absolute atomic E-state index is 11.7. The van der Waals surface area contributed by atoms with Gasteiger partial charge in [-0.15, -0.1) is 0 Å². The van der Waals surface area contributed by atoms with Crippen LogP contribution in [-0.4, -0.2) is 49.3 Å². The van der Waals surface area contributed by atoms with Gasteiger partial charge in [-0.2, -0.15) is 0 Å². The standard InChI is InChI=1S/C13H25NO3/c1-6-16-12(15)9-13(14(4)5)7-10(2)17-11(3)8-13/h10-11H,6-9H2,1-5H3. The van der Waals surface area contributed by atoms with Crippen molar-refractivity contribution in [3.05, 3.63) is 0 Å². The summed E-state index contributed by atoms with van der Waals surface area (Å²) in [5.74, 6) is -0.109. The SMILES string of the molecule is CCOC(=O)CC1(N(C)C)CC(C)OC(C)C1. The predicted molar refractivity (Wildman–Crippen MR) is 66.9 cm³/mol. The van der Waals surface area contributed by atoms with Crippen molar-refractivity contribution in [3.8, 4) is 0 Å². The van der Waals surface area contributed by atoms with Crippen LogP contribution in [0.25, 0.3) is 0 Å². The van der Waals surface area contributed by atoms with Crippen LogP contribution in [0.4, 0.5) is 0 Å². The highest BCUT2D eigenvalue weighted by Crippen LogP contribution is 2.35. The van der Waals surface area contributed by atoms with Crippen molar-refractivity contribution in [1.29, 1.82) is 0 Å². The highest BCUT2D eigenvalue weighted by Gasteiger charge is 2.42. The molecule has 4 heteroatoms. The number of ether oxygens (including phenoxy) is 2. The molecule has 1 aliphatic rings. The first-order valence-corrected chi connectivity index (χ1v) is 6.38. The summed E-state index contributed by atoms with van der Waals surface area (Å²) in [6.07, 6.45) is 2.59. The van der Waals surface area contributed by atoms with Crippen LogP contribution < -0.4 is 0 Å². The Kier molecular flexibility index (Phi) is 4.95. The van der Waals surface area contributed by atoms with E-state index in [1.807, 2.05) is 21.0 Å². The average molecular weight is 243 g/mol. The molecule has 0 saturated carbocycles. The quantitative estimate of drug-likeness (QED) is 0.706. The molecule has 4 nitrogen and oxygen atoms in total. The fraction of sp³-hybridized carbons (Fsp3) is 0.923. The van der Waals surface area contributed by atoms with Crippen molar-refractivity contribution in [2.24, 2.45) is 0 Å². The van der Waals surface area contributed by atoms with Crippen LogP contribution in [0.15, 0.2) is 0 Å². The lowest BCUT2D eigenvalue weighted by Crippen LogP contribution is -2.54. The van der Waals surface area contributed by atoms with E-state index in [9.17, 15) is 4.79 Å². The predicted octanol–water partition coefficient (Wildman–Crippen LogP) is 1.83. The number of hydrogen-bond acceptors (Lipinski definition) is 4. The Morgan fingerprint density at radius 2 is 1.88 bits per heavy atom. The van der Waals surface area contributed by atoms with E-state index in [1.165, 1.54) is 0 Å². The maximum Gasteiger partial charge on any atom is 0.307 e. The van der Waals surface area contributed by atoms with Gasteiger partial charge in [0.05, 0.1) is 25.2 Å². The molecule has 100 valence electrons. The molecule has 0 N–H and O–H groups in total. The number of carbonyl (C=O) groups excluding carboxylic acids is 1. The van der Waals surface area contributed by atoms with Gasteiger partial charge in [-0.25, -0.2) is 0 Å². The van der Waals surface area contributed by atoms with Crippen molar-refractivity contribution < 1.29 is 14.3 Å². The van der Waals surface area contributed by atoms with Crippen LogP contribution in [-0.2, 0) is 14.3 Å². The molecule has 0 radical (unpaired) electrons. The van der Waals surface area contributed by atoms with Gasteiger partial charge < -0.3 is 14.4 Å². The van der Waals surface area contributed by atoms with Crippen molar-refractivity contribution in [2.45, 2.75) is 57.8 Å². The Balaban J connectivity index is 2.77. The molecule has 0 aromatic carbocycles. The Labute approximate surface area is 104 Å². The zero-order valence-corrected chi connectivity index (χ0v) is 11.7. The molecular formula is C13H25NO3. The minimum absolute atomic E-state index is 0.109. The summed E-state index contributed by atoms with van der Waals surface area (Å²) in [5, 5.41) is 0. The van der Waals surface area contributed by atoms with Crippen molar-refractivity contribution in [3.63, 3.8) is 0 Å². The molecule has 0 amide bonds. The second-order valence-corrected chi connectivity index (χ2v) is 5.27. The van der Waals surface area contributed by atoms with Crippen molar-refractivity contribution >= 4 is 5.97 Å². The monoisotopic (exact) mass is 243 g/mol. The number of carbonyl (C=O) groups is 1. The van der Waals surface area contributed by atoms with Crippen molar-refractivity contribution in [1.82, 2.24) is 4.90 Å². The summed E-state index contributed by atoms with van der Waals surface area (Å²) < 4.78 is 10.8. The lowest BCUT2D eigenvalue weighted by Gasteiger charge is -2.46. The molecular weight excluding hydrogens is 218 g/mol. The molecule has 17 heavy (non-hydrogen) atoms. The third kappa shape index (κ3) is 3.68. The van der Waals surface area contributed by atoms with Crippen LogP contribution in [0.3, 0.4) is 0 Å². The number of nitrogens with zero attached hydrogens (tertiary/aromatic N) is 1. The van der Waals surface area contributed by atoms with Gasteiger partial charge in [-0.3, -0.25) is 4.79 Å². The van der Waals surface area contributed by atoms with Gasteiger partial charge in [0.2, 0.25) is 0 Å². The summed E-state index contributed by atoms with van der Waals surface area (Å²) in [4.78, 5) is 13.9. The first-order valence-electron chi connectivity index (χ1n) is 6.38. The topological polar surface area (TPSA) is 38.8 Å². The number of esters is 1. The molecule has 0 spiro atoms. The number of rotatable bonds is 4. The van der Waals surface area contributed by atoms with Gasteiger partial charge in [0.1, 0.15) is 0 Å². The second-order valence-electron chi connectivity index (χ2n) is 5.27. The first-order chi connectivity index (χ1) is 7.89. The van der Waals surface area contributed by atoms with Crippen molar-refractivity contribution in [2.75, 3.05) is 20.7 Å². The van der Waals surface area contributed by atoms with E-state index in [0.717, 1.165) is 12.8 Å². The molecule has 0 aromatic rings. The van der Waals surface area contributed by atoms with Crippen LogP contribution in [0.1, 0.15) is 40.0 Å². The Morgan fingerprint density at radius 1 is 1.35 bits per heavy atom. The van der Waals surface area contributed by atoms with E-state index in [2.05, 4.69) is 18.7 Å². The van der Waals surface area contributed by atoms with E-state index in [4.69, 9.17) is 9.47 Å². The lowest BCUT2D eigenvalue weighted by molar-refractivity contribution is -0.152. The molecule has 0 aliphatic carbocycles. The molecule has 1 saturated heterocycles. The normalized spacial score (nSPS) is 33.8. The summed E-state index contributed by atoms with van der Waals surface area (Å²) >= 11 is 0. The van der Waals surface area contributed by atoms with E-state index in [1.54, 1.807) is 0 Å².